The standard InChI is InChI=1S/C64H42F2N2.C53H36N2/c65-57-41-49(43-19-7-1-8-20-43)39-55(45-23-11-3-12-24-45)63(57)67(51-27-15-5-16-28-51)59-37-33-47-32-36-54-60(38-34-48-31-35-53(59)61(47)62(48)54)68(52-29-17-6-18-30-52)64-56(46-25-13-4-14-26-46)40-50(42-58(64)66)44-21-9-2-10-22-44;1-5-19-37(20-6-1)54(38-21-7-2-8-22-38)41-33-34-46-49(35-41)53(47-31-17-15-27-42(47)43-28-16-18-32-48(43)53)50-36-51(44-29-13-14-30-45(44)52(46)50)55(39-23-9-3-10-24-39)40-25-11-4-12-26-40/h1-42H;1-36H. The molecule has 0 bridgehead atoms. The van der Waals surface area contributed by atoms with E-state index in [1.165, 1.54) is 55.3 Å². The lowest BCUT2D eigenvalue weighted by Gasteiger charge is -2.33. The Bertz CT molecular complexity index is 7120. The molecule has 580 valence electrons. The molecule has 21 aromatic carbocycles. The predicted molar refractivity (Wildman–Crippen MR) is 511 cm³/mol. The summed E-state index contributed by atoms with van der Waals surface area (Å²) in [6.45, 7) is 0. The van der Waals surface area contributed by atoms with Crippen LogP contribution in [0.25, 0.3) is 110 Å². The van der Waals surface area contributed by atoms with E-state index in [1.54, 1.807) is 12.1 Å². The van der Waals surface area contributed by atoms with Gasteiger partial charge in [0, 0.05) is 67.1 Å². The van der Waals surface area contributed by atoms with E-state index in [4.69, 9.17) is 0 Å². The van der Waals surface area contributed by atoms with Crippen LogP contribution in [0.15, 0.2) is 473 Å². The van der Waals surface area contributed by atoms with E-state index in [-0.39, 0.29) is 11.6 Å². The van der Waals surface area contributed by atoms with Gasteiger partial charge in [-0.1, -0.05) is 346 Å². The van der Waals surface area contributed by atoms with Crippen LogP contribution < -0.4 is 19.6 Å². The zero-order valence-electron chi connectivity index (χ0n) is 67.1. The maximum atomic E-state index is 17.6. The zero-order chi connectivity index (χ0) is 81.9. The van der Waals surface area contributed by atoms with Crippen LogP contribution in [0.4, 0.5) is 77.0 Å². The number of anilines is 12. The average Bonchev–Trinajstić information content (AvgIpc) is 1.50. The summed E-state index contributed by atoms with van der Waals surface area (Å²) in [6, 6.07) is 165. The van der Waals surface area contributed by atoms with E-state index >= 15 is 8.78 Å². The summed E-state index contributed by atoms with van der Waals surface area (Å²) in [5.41, 5.74) is 27.7. The van der Waals surface area contributed by atoms with Crippen molar-refractivity contribution in [2.75, 3.05) is 19.6 Å². The largest absolute Gasteiger partial charge is 0.310 e. The van der Waals surface area contributed by atoms with Gasteiger partial charge < -0.3 is 19.6 Å². The summed E-state index contributed by atoms with van der Waals surface area (Å²) >= 11 is 0. The molecule has 2 aliphatic rings. The third kappa shape index (κ3) is 12.6. The molecule has 0 N–H and O–H groups in total. The highest BCUT2D eigenvalue weighted by molar-refractivity contribution is 6.28. The van der Waals surface area contributed by atoms with E-state index in [9.17, 15) is 0 Å². The Kier molecular flexibility index (Phi) is 18.5. The molecule has 0 radical (unpaired) electrons. The molecule has 0 unspecified atom stereocenters. The van der Waals surface area contributed by atoms with Gasteiger partial charge in [-0.05, 0) is 232 Å². The van der Waals surface area contributed by atoms with Crippen molar-refractivity contribution in [2.45, 2.75) is 5.41 Å². The molecule has 0 aromatic heterocycles. The highest BCUT2D eigenvalue weighted by Crippen LogP contribution is 2.66. The Hall–Kier alpha value is -16.0. The molecule has 0 atom stereocenters. The van der Waals surface area contributed by atoms with E-state index in [0.29, 0.717) is 11.4 Å². The van der Waals surface area contributed by atoms with Crippen LogP contribution in [0, 0.1) is 11.6 Å². The number of rotatable bonds is 16. The van der Waals surface area contributed by atoms with Crippen LogP contribution in [0.2, 0.25) is 0 Å². The average molecular weight is 1580 g/mol. The van der Waals surface area contributed by atoms with Crippen molar-refractivity contribution in [3.05, 3.63) is 507 Å². The van der Waals surface area contributed by atoms with E-state index in [1.807, 2.05) is 182 Å². The molecule has 6 heteroatoms. The van der Waals surface area contributed by atoms with Gasteiger partial charge in [0.25, 0.3) is 0 Å². The van der Waals surface area contributed by atoms with Gasteiger partial charge in [0.15, 0.2) is 0 Å². The first-order valence-electron chi connectivity index (χ1n) is 41.9. The van der Waals surface area contributed by atoms with Gasteiger partial charge in [0.2, 0.25) is 0 Å². The molecule has 1 spiro atoms. The Morgan fingerprint density at radius 1 is 0.179 bits per heavy atom. The van der Waals surface area contributed by atoms with Crippen molar-refractivity contribution < 1.29 is 8.78 Å². The molecule has 21 aromatic rings. The minimum absolute atomic E-state index is 0.338. The molecule has 4 nitrogen and oxygen atoms in total. The molecular weight excluding hydrogens is 1500 g/mol. The number of halogens is 2. The van der Waals surface area contributed by atoms with Crippen molar-refractivity contribution in [2.24, 2.45) is 0 Å². The number of nitrogens with zero attached hydrogens (tertiary/aromatic N) is 4. The number of benzene rings is 21. The molecule has 0 fully saturated rings. The van der Waals surface area contributed by atoms with Crippen molar-refractivity contribution in [3.63, 3.8) is 0 Å². The summed E-state index contributed by atoms with van der Waals surface area (Å²) < 4.78 is 35.2. The topological polar surface area (TPSA) is 13.0 Å². The normalized spacial score (nSPS) is 12.0. The quantitative estimate of drug-likeness (QED) is 0.0894. The highest BCUT2D eigenvalue weighted by atomic mass is 19.1. The van der Waals surface area contributed by atoms with E-state index in [0.717, 1.165) is 134 Å². The third-order valence-corrected chi connectivity index (χ3v) is 24.7. The van der Waals surface area contributed by atoms with Crippen molar-refractivity contribution in [1.82, 2.24) is 0 Å². The summed E-state index contributed by atoms with van der Waals surface area (Å²) in [5, 5.41) is 8.56. The first-order valence-corrected chi connectivity index (χ1v) is 41.9. The van der Waals surface area contributed by atoms with Gasteiger partial charge in [-0.3, -0.25) is 0 Å². The molecule has 23 rings (SSSR count). The van der Waals surface area contributed by atoms with Crippen LogP contribution in [0.3, 0.4) is 0 Å². The van der Waals surface area contributed by atoms with Crippen molar-refractivity contribution >= 4 is 111 Å². The SMILES string of the molecule is Fc1cc(-c2ccccc2)cc(-c2ccccc2)c1N(c1ccccc1)c1ccc2ccc3c(N(c4ccccc4)c4c(F)cc(-c5ccccc5)cc4-c4ccccc4)ccc4ccc1c2c43.c1ccc(N(c2ccccc2)c2ccc3c(c2)C2(c4ccccc4-c4ccccc42)c2cc(N(c4ccccc4)c4ccccc4)c4ccccc4c2-3)cc1. The van der Waals surface area contributed by atoms with Gasteiger partial charge in [-0.2, -0.15) is 0 Å². The molecule has 2 aliphatic carbocycles. The fourth-order valence-electron chi connectivity index (χ4n) is 19.5. The van der Waals surface area contributed by atoms with E-state index < -0.39 is 5.41 Å². The summed E-state index contributed by atoms with van der Waals surface area (Å²) in [4.78, 5) is 8.97. The molecule has 0 aliphatic heterocycles. The molecule has 0 saturated heterocycles. The molecule has 0 amide bonds. The lowest BCUT2D eigenvalue weighted by atomic mass is 9.70. The summed E-state index contributed by atoms with van der Waals surface area (Å²) in [6.07, 6.45) is 0. The van der Waals surface area contributed by atoms with Gasteiger partial charge in [-0.15, -0.1) is 0 Å². The fraction of sp³-hybridized carbons (Fsp3) is 0.00855. The van der Waals surface area contributed by atoms with Crippen molar-refractivity contribution in [3.8, 4) is 66.8 Å². The number of fused-ring (bicyclic) bond motifs is 12. The second-order valence-electron chi connectivity index (χ2n) is 31.6. The second-order valence-corrected chi connectivity index (χ2v) is 31.6. The fourth-order valence-corrected chi connectivity index (χ4v) is 19.5. The monoisotopic (exact) mass is 1580 g/mol. The first-order chi connectivity index (χ1) is 60.9. The zero-order valence-corrected chi connectivity index (χ0v) is 67.1. The van der Waals surface area contributed by atoms with Gasteiger partial charge >= 0.3 is 0 Å². The van der Waals surface area contributed by atoms with Crippen LogP contribution in [-0.4, -0.2) is 0 Å². The maximum Gasteiger partial charge on any atom is 0.148 e. The molecule has 123 heavy (non-hydrogen) atoms. The highest BCUT2D eigenvalue weighted by Gasteiger charge is 2.53. The lowest BCUT2D eigenvalue weighted by molar-refractivity contribution is 0.629. The van der Waals surface area contributed by atoms with Crippen LogP contribution in [0.5, 0.6) is 0 Å². The Morgan fingerprint density at radius 3 is 0.919 bits per heavy atom. The van der Waals surface area contributed by atoms with Crippen molar-refractivity contribution in [1.29, 1.82) is 0 Å². The smallest absolute Gasteiger partial charge is 0.148 e. The molecule has 0 heterocycles. The third-order valence-electron chi connectivity index (χ3n) is 24.7. The minimum Gasteiger partial charge on any atom is -0.310 e. The second kappa shape index (κ2) is 31.0. The maximum absolute atomic E-state index is 17.6. The first kappa shape index (κ1) is 73.4. The predicted octanol–water partition coefficient (Wildman–Crippen LogP) is 32.6. The van der Waals surface area contributed by atoms with Gasteiger partial charge in [0.05, 0.1) is 33.9 Å². The lowest BCUT2D eigenvalue weighted by Crippen LogP contribution is -2.26. The number of hydrogen-bond donors (Lipinski definition) is 0. The van der Waals surface area contributed by atoms with Crippen LogP contribution in [0.1, 0.15) is 22.3 Å². The van der Waals surface area contributed by atoms with Crippen LogP contribution in [-0.2, 0) is 5.41 Å². The minimum atomic E-state index is -0.551. The van der Waals surface area contributed by atoms with Crippen LogP contribution >= 0.6 is 0 Å². The summed E-state index contributed by atoms with van der Waals surface area (Å²) in [5.74, 6) is -0.676. The Labute approximate surface area is 714 Å². The molecule has 0 saturated carbocycles. The number of para-hydroxylation sites is 6. The molecular formula is C117H78F2N4. The number of hydrogen-bond acceptors (Lipinski definition) is 4. The van der Waals surface area contributed by atoms with E-state index in [2.05, 4.69) is 299 Å². The van der Waals surface area contributed by atoms with Gasteiger partial charge in [-0.25, -0.2) is 8.78 Å². The Balaban J connectivity index is 0.000000150. The summed E-state index contributed by atoms with van der Waals surface area (Å²) in [7, 11) is 0. The van der Waals surface area contributed by atoms with Gasteiger partial charge in [0.1, 0.15) is 11.6 Å². The Morgan fingerprint density at radius 2 is 0.512 bits per heavy atom.